The predicted molar refractivity (Wildman–Crippen MR) is 76.1 cm³/mol. The molecule has 0 heterocycles. The lowest BCUT2D eigenvalue weighted by molar-refractivity contribution is -0.118. The molecule has 2 aromatic carbocycles. The lowest BCUT2D eigenvalue weighted by atomic mass is 10.1. The number of anilines is 1. The van der Waals surface area contributed by atoms with Crippen molar-refractivity contribution in [3.63, 3.8) is 0 Å². The molecule has 0 saturated heterocycles. The fourth-order valence-electron chi connectivity index (χ4n) is 1.76. The highest BCUT2D eigenvalue weighted by molar-refractivity contribution is 9.10. The van der Waals surface area contributed by atoms with Crippen LogP contribution in [0.25, 0.3) is 0 Å². The first-order valence-corrected chi connectivity index (χ1v) is 6.43. The molecule has 0 fully saturated rings. The third kappa shape index (κ3) is 3.32. The second-order valence-corrected chi connectivity index (χ2v) is 4.93. The third-order valence-corrected chi connectivity index (χ3v) is 3.13. The van der Waals surface area contributed by atoms with E-state index in [1.165, 1.54) is 12.1 Å². The van der Waals surface area contributed by atoms with Gasteiger partial charge in [0.2, 0.25) is 5.91 Å². The van der Waals surface area contributed by atoms with Crippen LogP contribution in [-0.4, -0.2) is 5.91 Å². The Morgan fingerprint density at radius 2 is 1.95 bits per heavy atom. The molecule has 1 unspecified atom stereocenters. The average molecular weight is 323 g/mol. The minimum Gasteiger partial charge on any atom is -0.370 e. The number of halogens is 2. The van der Waals surface area contributed by atoms with Gasteiger partial charge in [-0.05, 0) is 24.3 Å². The molecule has 3 N–H and O–H groups in total. The van der Waals surface area contributed by atoms with Gasteiger partial charge in [0.25, 0.3) is 0 Å². The maximum Gasteiger partial charge on any atom is 0.244 e. The second-order valence-electron chi connectivity index (χ2n) is 4.01. The number of benzene rings is 2. The Morgan fingerprint density at radius 1 is 1.21 bits per heavy atom. The molecule has 3 nitrogen and oxygen atoms in total. The number of amides is 1. The number of carbonyl (C=O) groups excluding carboxylic acids is 1. The van der Waals surface area contributed by atoms with E-state index in [1.54, 1.807) is 24.3 Å². The van der Waals surface area contributed by atoms with Crippen LogP contribution in [0.1, 0.15) is 11.6 Å². The number of hydrogen-bond donors (Lipinski definition) is 2. The van der Waals surface area contributed by atoms with E-state index in [4.69, 9.17) is 5.73 Å². The van der Waals surface area contributed by atoms with Gasteiger partial charge in [0.1, 0.15) is 11.9 Å². The Labute approximate surface area is 118 Å². The van der Waals surface area contributed by atoms with Crippen molar-refractivity contribution in [1.29, 1.82) is 0 Å². The summed E-state index contributed by atoms with van der Waals surface area (Å²) in [6, 6.07) is 12.4. The smallest absolute Gasteiger partial charge is 0.244 e. The van der Waals surface area contributed by atoms with Crippen LogP contribution < -0.4 is 11.1 Å². The fourth-order valence-corrected chi connectivity index (χ4v) is 2.16. The summed E-state index contributed by atoms with van der Waals surface area (Å²) in [5.74, 6) is -1.10. The van der Waals surface area contributed by atoms with Gasteiger partial charge in [-0.25, -0.2) is 4.39 Å². The number of hydrogen-bond acceptors (Lipinski definition) is 2. The predicted octanol–water partition coefficient (Wildman–Crippen LogP) is 3.23. The van der Waals surface area contributed by atoms with E-state index in [1.807, 2.05) is 12.1 Å². The van der Waals surface area contributed by atoms with Crippen LogP contribution in [-0.2, 0) is 4.79 Å². The molecule has 0 radical (unpaired) electrons. The highest BCUT2D eigenvalue weighted by atomic mass is 79.9. The van der Waals surface area contributed by atoms with Gasteiger partial charge in [-0.15, -0.1) is 0 Å². The first-order valence-electron chi connectivity index (χ1n) is 5.64. The summed E-state index contributed by atoms with van der Waals surface area (Å²) >= 11 is 3.33. The molecule has 2 aromatic rings. The summed E-state index contributed by atoms with van der Waals surface area (Å²) in [4.78, 5) is 11.5. The summed E-state index contributed by atoms with van der Waals surface area (Å²) in [7, 11) is 0. The molecule has 5 heteroatoms. The lowest BCUT2D eigenvalue weighted by Crippen LogP contribution is -2.28. The molecule has 1 atom stereocenters. The van der Waals surface area contributed by atoms with Crippen LogP contribution in [0, 0.1) is 5.82 Å². The van der Waals surface area contributed by atoms with E-state index >= 15 is 0 Å². The van der Waals surface area contributed by atoms with Gasteiger partial charge in [-0.1, -0.05) is 40.2 Å². The summed E-state index contributed by atoms with van der Waals surface area (Å²) in [5, 5.41) is 2.93. The van der Waals surface area contributed by atoms with Crippen LogP contribution in [0.4, 0.5) is 10.1 Å². The van der Waals surface area contributed by atoms with Crippen LogP contribution >= 0.6 is 15.9 Å². The van der Waals surface area contributed by atoms with Crippen LogP contribution in [0.2, 0.25) is 0 Å². The zero-order valence-electron chi connectivity index (χ0n) is 9.94. The second kappa shape index (κ2) is 5.84. The van der Waals surface area contributed by atoms with E-state index in [0.29, 0.717) is 5.69 Å². The van der Waals surface area contributed by atoms with Gasteiger partial charge in [0.15, 0.2) is 0 Å². The minimum atomic E-state index is -0.907. The van der Waals surface area contributed by atoms with Crippen molar-refractivity contribution in [1.82, 2.24) is 0 Å². The Kier molecular flexibility index (Phi) is 4.16. The summed E-state index contributed by atoms with van der Waals surface area (Å²) in [6.45, 7) is 0. The van der Waals surface area contributed by atoms with E-state index < -0.39 is 17.8 Å². The highest BCUT2D eigenvalue weighted by Gasteiger charge is 2.20. The SMILES string of the molecule is NC(=O)C(Nc1cccc(Br)c1)c1ccccc1F. The van der Waals surface area contributed by atoms with Gasteiger partial charge in [0, 0.05) is 15.7 Å². The molecule has 0 aliphatic rings. The molecule has 0 aromatic heterocycles. The first kappa shape index (κ1) is 13.5. The molecule has 19 heavy (non-hydrogen) atoms. The molecule has 98 valence electrons. The van der Waals surface area contributed by atoms with Crippen molar-refractivity contribution >= 4 is 27.5 Å². The van der Waals surface area contributed by atoms with Crippen molar-refractivity contribution in [2.24, 2.45) is 5.73 Å². The lowest BCUT2D eigenvalue weighted by Gasteiger charge is -2.17. The van der Waals surface area contributed by atoms with Crippen LogP contribution in [0.3, 0.4) is 0 Å². The number of nitrogens with two attached hydrogens (primary N) is 1. The Hall–Kier alpha value is -1.88. The molecule has 0 saturated carbocycles. The maximum absolute atomic E-state index is 13.7. The standard InChI is InChI=1S/C14H12BrFN2O/c15-9-4-3-5-10(8-9)18-13(14(17)19)11-6-1-2-7-12(11)16/h1-8,13,18H,(H2,17,19). The fraction of sp³-hybridized carbons (Fsp3) is 0.0714. The summed E-state index contributed by atoms with van der Waals surface area (Å²) in [5.41, 5.74) is 6.26. The Balaban J connectivity index is 2.32. The first-order chi connectivity index (χ1) is 9.08. The number of primary amides is 1. The summed E-state index contributed by atoms with van der Waals surface area (Å²) in [6.07, 6.45) is 0. The Morgan fingerprint density at radius 3 is 2.58 bits per heavy atom. The zero-order valence-corrected chi connectivity index (χ0v) is 11.5. The van der Waals surface area contributed by atoms with Crippen molar-refractivity contribution in [2.45, 2.75) is 6.04 Å². The Bertz CT molecular complexity index is 604. The molecule has 2 rings (SSSR count). The number of carbonyl (C=O) groups is 1. The van der Waals surface area contributed by atoms with E-state index in [-0.39, 0.29) is 5.56 Å². The van der Waals surface area contributed by atoms with Crippen LogP contribution in [0.5, 0.6) is 0 Å². The van der Waals surface area contributed by atoms with E-state index in [9.17, 15) is 9.18 Å². The third-order valence-electron chi connectivity index (χ3n) is 2.64. The minimum absolute atomic E-state index is 0.231. The zero-order chi connectivity index (χ0) is 13.8. The van der Waals surface area contributed by atoms with E-state index in [0.717, 1.165) is 4.47 Å². The number of rotatable bonds is 4. The van der Waals surface area contributed by atoms with Gasteiger partial charge in [-0.3, -0.25) is 4.79 Å². The van der Waals surface area contributed by atoms with Crippen molar-refractivity contribution in [3.8, 4) is 0 Å². The van der Waals surface area contributed by atoms with Gasteiger partial charge in [-0.2, -0.15) is 0 Å². The highest BCUT2D eigenvalue weighted by Crippen LogP contribution is 2.23. The van der Waals surface area contributed by atoms with E-state index in [2.05, 4.69) is 21.2 Å². The number of nitrogens with one attached hydrogen (secondary N) is 1. The normalized spacial score (nSPS) is 11.9. The van der Waals surface area contributed by atoms with Crippen molar-refractivity contribution in [2.75, 3.05) is 5.32 Å². The van der Waals surface area contributed by atoms with Crippen molar-refractivity contribution in [3.05, 3.63) is 64.4 Å². The molecular formula is C14H12BrFN2O. The molecule has 0 bridgehead atoms. The topological polar surface area (TPSA) is 55.1 Å². The average Bonchev–Trinajstić information content (AvgIpc) is 2.37. The molecule has 0 spiro atoms. The molecule has 1 amide bonds. The van der Waals surface area contributed by atoms with Crippen molar-refractivity contribution < 1.29 is 9.18 Å². The largest absolute Gasteiger partial charge is 0.370 e. The van der Waals surface area contributed by atoms with Gasteiger partial charge < -0.3 is 11.1 Å². The molecule has 0 aliphatic heterocycles. The monoisotopic (exact) mass is 322 g/mol. The quantitative estimate of drug-likeness (QED) is 0.908. The van der Waals surface area contributed by atoms with Gasteiger partial charge in [0.05, 0.1) is 0 Å². The maximum atomic E-state index is 13.7. The summed E-state index contributed by atoms with van der Waals surface area (Å²) < 4.78 is 14.6. The molecule has 0 aliphatic carbocycles. The molecular weight excluding hydrogens is 311 g/mol. The van der Waals surface area contributed by atoms with Gasteiger partial charge >= 0.3 is 0 Å². The van der Waals surface area contributed by atoms with Crippen LogP contribution in [0.15, 0.2) is 53.0 Å².